The van der Waals surface area contributed by atoms with Crippen molar-refractivity contribution < 1.29 is 18.0 Å². The summed E-state index contributed by atoms with van der Waals surface area (Å²) in [4.78, 5) is 34.7. The van der Waals surface area contributed by atoms with Gasteiger partial charge >= 0.3 is 0 Å². The average Bonchev–Trinajstić information content (AvgIpc) is 3.52. The summed E-state index contributed by atoms with van der Waals surface area (Å²) in [6, 6.07) is 20.7. The molecule has 3 aromatic rings. The van der Waals surface area contributed by atoms with Crippen molar-refractivity contribution in [3.8, 4) is 5.69 Å². The first-order valence-corrected chi connectivity index (χ1v) is 17.3. The van der Waals surface area contributed by atoms with Crippen molar-refractivity contribution in [2.45, 2.75) is 52.5 Å². The lowest BCUT2D eigenvalue weighted by Gasteiger charge is -2.30. The molecule has 2 N–H and O–H groups in total. The molecular weight excluding hydrogens is 586 g/mol. The van der Waals surface area contributed by atoms with Crippen molar-refractivity contribution >= 4 is 33.1 Å². The molecule has 1 aromatic heterocycles. The average molecular weight is 630 g/mol. The van der Waals surface area contributed by atoms with Gasteiger partial charge in [0.15, 0.2) is 5.71 Å². The molecule has 0 bridgehead atoms. The van der Waals surface area contributed by atoms with Gasteiger partial charge in [-0.05, 0) is 80.3 Å². The number of sulfonamides is 1. The summed E-state index contributed by atoms with van der Waals surface area (Å²) >= 11 is 0. The van der Waals surface area contributed by atoms with Crippen LogP contribution in [0, 0.1) is 0 Å². The van der Waals surface area contributed by atoms with Gasteiger partial charge in [-0.1, -0.05) is 62.8 Å². The Morgan fingerprint density at radius 3 is 2.40 bits per heavy atom. The molecule has 4 rings (SSSR count). The molecule has 10 heteroatoms. The Hall–Kier alpha value is -4.12. The van der Waals surface area contributed by atoms with E-state index in [2.05, 4.69) is 27.9 Å². The predicted molar refractivity (Wildman–Crippen MR) is 182 cm³/mol. The maximum Gasteiger partial charge on any atom is 0.278 e. The third-order valence-electron chi connectivity index (χ3n) is 7.75. The lowest BCUT2D eigenvalue weighted by atomic mass is 9.99. The molecule has 0 aliphatic heterocycles. The minimum atomic E-state index is -3.27. The third-order valence-corrected chi connectivity index (χ3v) is 8.48. The maximum absolute atomic E-state index is 14.1. The topological polar surface area (TPSA) is 113 Å². The molecule has 0 spiro atoms. The number of aliphatic imine (C=N–C) groups is 1. The predicted octanol–water partition coefficient (Wildman–Crippen LogP) is 5.56. The normalized spacial score (nSPS) is 15.5. The molecule has 0 saturated heterocycles. The molecule has 1 unspecified atom stereocenters. The van der Waals surface area contributed by atoms with E-state index in [0.717, 1.165) is 43.3 Å². The molecular formula is C35H43N5O4S. The van der Waals surface area contributed by atoms with Crippen molar-refractivity contribution in [3.05, 3.63) is 108 Å². The van der Waals surface area contributed by atoms with Gasteiger partial charge in [-0.25, -0.2) is 18.1 Å². The Kier molecular flexibility index (Phi) is 11.8. The number of allylic oxidation sites excluding steroid dienone is 1. The van der Waals surface area contributed by atoms with Crippen LogP contribution < -0.4 is 10.0 Å². The number of nitrogens with one attached hydrogen (secondary N) is 2. The number of carbonyl (C=O) groups is 2. The molecule has 0 radical (unpaired) electrons. The molecule has 1 atom stereocenters. The standard InChI is InChI=1S/C35H43N5O4S/c1-5-7-12-27-16-18-28(19-17-27)37-35(42)33(34(41)32-15-11-23-40(32)29-13-9-8-10-14-29)38-31-21-20-30(25-26(31)3)39(6-2)24-22-36-45(4,43)44/h8-11,13-19,21,23,25,30,36H,5-7,12,20,22,24H2,1-4H3,(H,37,42). The number of aromatic nitrogens is 1. The molecule has 1 aliphatic carbocycles. The summed E-state index contributed by atoms with van der Waals surface area (Å²) in [6.07, 6.45) is 10.7. The monoisotopic (exact) mass is 629 g/mol. The second kappa shape index (κ2) is 15.7. The maximum atomic E-state index is 14.1. The van der Waals surface area contributed by atoms with E-state index in [9.17, 15) is 18.0 Å². The number of hydrogen-bond acceptors (Lipinski definition) is 6. The van der Waals surface area contributed by atoms with E-state index in [1.54, 1.807) is 22.9 Å². The minimum absolute atomic E-state index is 0.0322. The van der Waals surface area contributed by atoms with Crippen molar-refractivity contribution in [1.29, 1.82) is 0 Å². The fraction of sp³-hybridized carbons (Fsp3) is 0.343. The van der Waals surface area contributed by atoms with Gasteiger partial charge in [-0.15, -0.1) is 0 Å². The van der Waals surface area contributed by atoms with Crippen LogP contribution in [0.15, 0.2) is 101 Å². The minimum Gasteiger partial charge on any atom is -0.321 e. The number of amides is 1. The summed E-state index contributed by atoms with van der Waals surface area (Å²) in [5.41, 5.74) is 4.09. The highest BCUT2D eigenvalue weighted by Gasteiger charge is 2.27. The van der Waals surface area contributed by atoms with E-state index >= 15 is 0 Å². The van der Waals surface area contributed by atoms with Gasteiger partial charge in [0.1, 0.15) is 0 Å². The zero-order chi connectivity index (χ0) is 32.4. The van der Waals surface area contributed by atoms with Crippen LogP contribution in [0.3, 0.4) is 0 Å². The molecule has 45 heavy (non-hydrogen) atoms. The summed E-state index contributed by atoms with van der Waals surface area (Å²) < 4.78 is 27.3. The van der Waals surface area contributed by atoms with Crippen molar-refractivity contribution in [2.75, 3.05) is 31.2 Å². The number of anilines is 1. The van der Waals surface area contributed by atoms with Gasteiger partial charge in [0.05, 0.1) is 17.6 Å². The number of likely N-dealkylation sites (N-methyl/N-ethyl adjacent to an activating group) is 1. The van der Waals surface area contributed by atoms with Crippen LogP contribution in [-0.2, 0) is 21.2 Å². The van der Waals surface area contributed by atoms with E-state index in [-0.39, 0.29) is 11.8 Å². The first kappa shape index (κ1) is 33.8. The summed E-state index contributed by atoms with van der Waals surface area (Å²) in [6.45, 7) is 7.67. The van der Waals surface area contributed by atoms with Crippen molar-refractivity contribution in [3.63, 3.8) is 0 Å². The van der Waals surface area contributed by atoms with E-state index in [4.69, 9.17) is 4.99 Å². The van der Waals surface area contributed by atoms with Crippen LogP contribution in [0.4, 0.5) is 5.69 Å². The fourth-order valence-corrected chi connectivity index (χ4v) is 5.77. The number of hydrogen-bond donors (Lipinski definition) is 2. The molecule has 238 valence electrons. The molecule has 0 saturated carbocycles. The number of para-hydroxylation sites is 1. The van der Waals surface area contributed by atoms with Gasteiger partial charge in [-0.3, -0.25) is 14.5 Å². The Balaban J connectivity index is 1.62. The van der Waals surface area contributed by atoms with Gasteiger partial charge in [-0.2, -0.15) is 0 Å². The van der Waals surface area contributed by atoms with Crippen LogP contribution in [-0.4, -0.2) is 67.2 Å². The van der Waals surface area contributed by atoms with Gasteiger partial charge < -0.3 is 9.88 Å². The van der Waals surface area contributed by atoms with Crippen LogP contribution >= 0.6 is 0 Å². The smallest absolute Gasteiger partial charge is 0.278 e. The quantitative estimate of drug-likeness (QED) is 0.130. The Morgan fingerprint density at radius 1 is 1.02 bits per heavy atom. The van der Waals surface area contributed by atoms with Crippen LogP contribution in [0.25, 0.3) is 5.69 Å². The number of rotatable bonds is 15. The number of benzene rings is 2. The highest BCUT2D eigenvalue weighted by Crippen LogP contribution is 2.24. The first-order valence-electron chi connectivity index (χ1n) is 15.4. The zero-order valence-electron chi connectivity index (χ0n) is 26.5. The van der Waals surface area contributed by atoms with E-state index in [0.29, 0.717) is 36.6 Å². The van der Waals surface area contributed by atoms with Crippen LogP contribution in [0.5, 0.6) is 0 Å². The van der Waals surface area contributed by atoms with Crippen molar-refractivity contribution in [1.82, 2.24) is 14.2 Å². The summed E-state index contributed by atoms with van der Waals surface area (Å²) in [5.74, 6) is -1.07. The SMILES string of the molecule is CCCCc1ccc(NC(=O)C(=NC2=CCC(N(CC)CCNS(C)(=O)=O)C=C2C)C(=O)c2cccn2-c2ccccc2)cc1. The number of aryl methyl sites for hydroxylation is 1. The second-order valence-electron chi connectivity index (χ2n) is 11.2. The molecule has 1 aliphatic rings. The molecule has 1 amide bonds. The summed E-state index contributed by atoms with van der Waals surface area (Å²) in [7, 11) is -3.27. The highest BCUT2D eigenvalue weighted by atomic mass is 32.2. The van der Waals surface area contributed by atoms with Crippen molar-refractivity contribution in [2.24, 2.45) is 4.99 Å². The Labute approximate surface area is 266 Å². The van der Waals surface area contributed by atoms with Crippen LogP contribution in [0.1, 0.15) is 56.1 Å². The zero-order valence-corrected chi connectivity index (χ0v) is 27.3. The number of unbranched alkanes of at least 4 members (excludes halogenated alkanes) is 1. The molecule has 0 fully saturated rings. The highest BCUT2D eigenvalue weighted by molar-refractivity contribution is 7.88. The Bertz CT molecular complexity index is 1670. The molecule has 9 nitrogen and oxygen atoms in total. The van der Waals surface area contributed by atoms with E-state index in [1.165, 1.54) is 5.56 Å². The third kappa shape index (κ3) is 9.43. The molecule has 2 aromatic carbocycles. The number of Topliss-reactive ketones (excluding diaryl/α,β-unsaturated/α-hetero) is 1. The number of nitrogens with zero attached hydrogens (tertiary/aromatic N) is 3. The largest absolute Gasteiger partial charge is 0.321 e. The first-order chi connectivity index (χ1) is 21.6. The number of carbonyl (C=O) groups excluding carboxylic acids is 2. The number of ketones is 1. The molecule has 1 heterocycles. The van der Waals surface area contributed by atoms with Gasteiger partial charge in [0, 0.05) is 36.7 Å². The van der Waals surface area contributed by atoms with Gasteiger partial charge in [0.25, 0.3) is 5.91 Å². The fourth-order valence-electron chi connectivity index (χ4n) is 5.31. The lowest BCUT2D eigenvalue weighted by molar-refractivity contribution is -0.110. The Morgan fingerprint density at radius 2 is 1.76 bits per heavy atom. The van der Waals surface area contributed by atoms with E-state index < -0.39 is 21.7 Å². The lowest BCUT2D eigenvalue weighted by Crippen LogP contribution is -2.40. The summed E-state index contributed by atoms with van der Waals surface area (Å²) in [5, 5.41) is 2.89. The van der Waals surface area contributed by atoms with Gasteiger partial charge in [0.2, 0.25) is 15.8 Å². The second-order valence-corrected chi connectivity index (χ2v) is 13.0. The van der Waals surface area contributed by atoms with Crippen LogP contribution in [0.2, 0.25) is 0 Å². The van der Waals surface area contributed by atoms with E-state index in [1.807, 2.05) is 74.5 Å².